The number of hydrogen-bond donors (Lipinski definition) is 0. The van der Waals surface area contributed by atoms with Gasteiger partial charge in [-0.25, -0.2) is 0 Å². The van der Waals surface area contributed by atoms with Crippen molar-refractivity contribution in [2.45, 2.75) is 22.3 Å². The Morgan fingerprint density at radius 2 is 1.28 bits per heavy atom. The standard InChI is InChI=1S/C28H21N2S2/c1-3-9-20(10-4-1)24-19-25(21-11-5-2-6-12-21)30(29-24)23-17-15-22(16-18-23)28-31-26-13-7-8-14-27(26)32-28/h1-18,25H,19H2/q+1/t25-/m0/s1. The van der Waals surface area contributed by atoms with E-state index in [1.807, 2.05) is 23.5 Å². The smallest absolute Gasteiger partial charge is 0.0809 e. The number of benzene rings is 3. The Morgan fingerprint density at radius 1 is 0.688 bits per heavy atom. The molecule has 2 heterocycles. The summed E-state index contributed by atoms with van der Waals surface area (Å²) in [6.07, 6.45) is 9.77. The summed E-state index contributed by atoms with van der Waals surface area (Å²) in [5, 5.41) is 5.08. The normalized spacial score (nSPS) is 19.5. The third-order valence-corrected chi connectivity index (χ3v) is 8.45. The zero-order chi connectivity index (χ0) is 21.3. The van der Waals surface area contributed by atoms with Crippen LogP contribution in [0.1, 0.15) is 23.6 Å². The average molecular weight is 450 g/mol. The van der Waals surface area contributed by atoms with Crippen LogP contribution in [0.3, 0.4) is 0 Å². The first-order chi connectivity index (χ1) is 15.8. The quantitative estimate of drug-likeness (QED) is 0.384. The summed E-state index contributed by atoms with van der Waals surface area (Å²) < 4.78 is 3.53. The van der Waals surface area contributed by atoms with Gasteiger partial charge < -0.3 is 0 Å². The van der Waals surface area contributed by atoms with Crippen LogP contribution in [0.5, 0.6) is 0 Å². The van der Waals surface area contributed by atoms with Crippen LogP contribution in [-0.4, -0.2) is 16.1 Å². The molecule has 0 spiro atoms. The second-order valence-corrected chi connectivity index (χ2v) is 10.2. The second kappa shape index (κ2) is 8.45. The van der Waals surface area contributed by atoms with Gasteiger partial charge in [0.25, 0.3) is 0 Å². The number of rotatable bonds is 2. The van der Waals surface area contributed by atoms with Gasteiger partial charge in [0, 0.05) is 33.1 Å². The lowest BCUT2D eigenvalue weighted by molar-refractivity contribution is -0.566. The first-order valence-electron chi connectivity index (χ1n) is 10.7. The van der Waals surface area contributed by atoms with E-state index in [1.54, 1.807) is 0 Å². The number of allylic oxidation sites excluding steroid dienone is 5. The summed E-state index contributed by atoms with van der Waals surface area (Å²) >= 11 is 3.72. The molecule has 0 N–H and O–H groups in total. The van der Waals surface area contributed by atoms with Gasteiger partial charge in [0.2, 0.25) is 11.8 Å². The molecule has 1 atom stereocenters. The van der Waals surface area contributed by atoms with E-state index in [0.717, 1.165) is 17.8 Å². The highest BCUT2D eigenvalue weighted by Crippen LogP contribution is 2.52. The number of nitrogens with zero attached hydrogens (tertiary/aromatic N) is 2. The lowest BCUT2D eigenvalue weighted by Gasteiger charge is -2.09. The van der Waals surface area contributed by atoms with Crippen molar-refractivity contribution in [1.82, 2.24) is 0 Å². The van der Waals surface area contributed by atoms with E-state index < -0.39 is 0 Å². The molecule has 0 saturated carbocycles. The van der Waals surface area contributed by atoms with E-state index in [-0.39, 0.29) is 6.04 Å². The molecule has 154 valence electrons. The summed E-state index contributed by atoms with van der Waals surface area (Å²) in [5.41, 5.74) is 6.01. The van der Waals surface area contributed by atoms with E-state index in [1.165, 1.54) is 30.7 Å². The fourth-order valence-corrected chi connectivity index (χ4v) is 6.69. The van der Waals surface area contributed by atoms with E-state index in [0.29, 0.717) is 0 Å². The van der Waals surface area contributed by atoms with Crippen molar-refractivity contribution >= 4 is 34.9 Å². The van der Waals surface area contributed by atoms with Crippen molar-refractivity contribution in [3.05, 3.63) is 130 Å². The number of hydrogen-bond acceptors (Lipinski definition) is 3. The minimum absolute atomic E-state index is 0.199. The molecule has 0 aromatic heterocycles. The highest BCUT2D eigenvalue weighted by Gasteiger charge is 2.36. The SMILES string of the molecule is C1=CC(=[N+]2N=C(c3ccccc3)C[C@H]2c2ccccc2)C=CC1=C1Sc2ccccc2S1. The molecule has 0 bridgehead atoms. The Kier molecular flexibility index (Phi) is 5.18. The maximum absolute atomic E-state index is 5.08. The van der Waals surface area contributed by atoms with Gasteiger partial charge in [-0.2, -0.15) is 0 Å². The number of fused-ring (bicyclic) bond motifs is 1. The van der Waals surface area contributed by atoms with Gasteiger partial charge in [-0.05, 0) is 35.0 Å². The van der Waals surface area contributed by atoms with E-state index in [2.05, 4.69) is 114 Å². The fraction of sp³-hybridized carbons (Fsp3) is 0.0714. The molecule has 4 heteroatoms. The highest BCUT2D eigenvalue weighted by atomic mass is 32.2. The molecule has 2 nitrogen and oxygen atoms in total. The Morgan fingerprint density at radius 3 is 1.94 bits per heavy atom. The van der Waals surface area contributed by atoms with Crippen LogP contribution in [-0.2, 0) is 0 Å². The van der Waals surface area contributed by atoms with Gasteiger partial charge in [0.1, 0.15) is 5.71 Å². The Hall–Kier alpha value is -3.08. The Balaban J connectivity index is 1.36. The van der Waals surface area contributed by atoms with Gasteiger partial charge in [-0.3, -0.25) is 0 Å². The van der Waals surface area contributed by atoms with E-state index >= 15 is 0 Å². The molecule has 0 amide bonds. The summed E-state index contributed by atoms with van der Waals surface area (Å²) in [4.78, 5) is 2.69. The third kappa shape index (κ3) is 3.70. The summed E-state index contributed by atoms with van der Waals surface area (Å²) in [6, 6.07) is 30.0. The molecule has 3 aromatic carbocycles. The number of hydrazone groups is 1. The Bertz CT molecular complexity index is 1290. The summed E-state index contributed by atoms with van der Waals surface area (Å²) in [5.74, 6) is 0. The van der Waals surface area contributed by atoms with Crippen LogP contribution in [0.4, 0.5) is 0 Å². The molecule has 0 unspecified atom stereocenters. The van der Waals surface area contributed by atoms with Crippen LogP contribution < -0.4 is 0 Å². The predicted molar refractivity (Wildman–Crippen MR) is 136 cm³/mol. The predicted octanol–water partition coefficient (Wildman–Crippen LogP) is 7.22. The van der Waals surface area contributed by atoms with Crippen LogP contribution in [0.2, 0.25) is 0 Å². The van der Waals surface area contributed by atoms with Gasteiger partial charge in [-0.1, -0.05) is 101 Å². The van der Waals surface area contributed by atoms with Crippen molar-refractivity contribution in [2.75, 3.05) is 0 Å². The average Bonchev–Trinajstić information content (AvgIpc) is 3.50. The summed E-state index contributed by atoms with van der Waals surface area (Å²) in [6.45, 7) is 0. The lowest BCUT2D eigenvalue weighted by Crippen LogP contribution is -2.16. The maximum atomic E-state index is 5.08. The highest BCUT2D eigenvalue weighted by molar-refractivity contribution is 8.24. The molecule has 1 aliphatic carbocycles. The minimum atomic E-state index is 0.199. The minimum Gasteiger partial charge on any atom is -0.0809 e. The zero-order valence-electron chi connectivity index (χ0n) is 17.4. The summed E-state index contributed by atoms with van der Waals surface area (Å²) in [7, 11) is 0. The second-order valence-electron chi connectivity index (χ2n) is 7.87. The molecule has 3 aliphatic rings. The Labute approximate surface area is 196 Å². The lowest BCUT2D eigenvalue weighted by atomic mass is 9.98. The molecule has 0 saturated heterocycles. The molecule has 0 fully saturated rings. The largest absolute Gasteiger partial charge is 0.232 e. The van der Waals surface area contributed by atoms with Crippen molar-refractivity contribution < 1.29 is 4.68 Å². The van der Waals surface area contributed by atoms with Crippen LogP contribution >= 0.6 is 23.5 Å². The van der Waals surface area contributed by atoms with Crippen LogP contribution in [0, 0.1) is 0 Å². The molecule has 32 heavy (non-hydrogen) atoms. The van der Waals surface area contributed by atoms with Gasteiger partial charge in [-0.15, -0.1) is 0 Å². The molecular weight excluding hydrogens is 428 g/mol. The molecule has 3 aromatic rings. The van der Waals surface area contributed by atoms with Crippen molar-refractivity contribution in [1.29, 1.82) is 0 Å². The first kappa shape index (κ1) is 19.6. The molecule has 6 rings (SSSR count). The van der Waals surface area contributed by atoms with E-state index in [4.69, 9.17) is 5.10 Å². The third-order valence-electron chi connectivity index (χ3n) is 5.82. The molecule has 2 aliphatic heterocycles. The monoisotopic (exact) mass is 449 g/mol. The van der Waals surface area contributed by atoms with Crippen molar-refractivity contribution in [2.24, 2.45) is 5.10 Å². The first-order valence-corrected chi connectivity index (χ1v) is 12.4. The molecule has 0 radical (unpaired) electrons. The van der Waals surface area contributed by atoms with E-state index in [9.17, 15) is 0 Å². The fourth-order valence-electron chi connectivity index (χ4n) is 4.20. The van der Waals surface area contributed by atoms with Crippen molar-refractivity contribution in [3.63, 3.8) is 0 Å². The maximum Gasteiger partial charge on any atom is 0.232 e. The van der Waals surface area contributed by atoms with Crippen molar-refractivity contribution in [3.8, 4) is 0 Å². The topological polar surface area (TPSA) is 15.4 Å². The number of thioether (sulfide) groups is 2. The van der Waals surface area contributed by atoms with Crippen LogP contribution in [0.15, 0.2) is 134 Å². The van der Waals surface area contributed by atoms with Gasteiger partial charge in [0.05, 0.1) is 10.7 Å². The zero-order valence-corrected chi connectivity index (χ0v) is 19.0. The molecular formula is C28H21N2S2+. The van der Waals surface area contributed by atoms with Gasteiger partial charge >= 0.3 is 0 Å². The van der Waals surface area contributed by atoms with Gasteiger partial charge in [0.15, 0.2) is 0 Å². The van der Waals surface area contributed by atoms with Crippen LogP contribution in [0.25, 0.3) is 0 Å².